The molecule has 2 aliphatic rings. The second-order valence-corrected chi connectivity index (χ2v) is 11.4. The van der Waals surface area contributed by atoms with Gasteiger partial charge in [0.1, 0.15) is 0 Å². The molecule has 0 amide bonds. The molecule has 2 heterocycles. The maximum Gasteiger partial charge on any atom is 0.337 e. The van der Waals surface area contributed by atoms with E-state index in [1.54, 1.807) is 0 Å². The van der Waals surface area contributed by atoms with E-state index in [4.69, 9.17) is 17.0 Å². The lowest BCUT2D eigenvalue weighted by molar-refractivity contribution is -0.160. The van der Waals surface area contributed by atoms with Crippen molar-refractivity contribution in [3.05, 3.63) is 57.6 Å². The van der Waals surface area contributed by atoms with Gasteiger partial charge < -0.3 is 19.6 Å². The monoisotopic (exact) mass is 494 g/mol. The number of hydrogen-bond donors (Lipinski definition) is 1. The predicted octanol–water partition coefficient (Wildman–Crippen LogP) is 6.31. The van der Waals surface area contributed by atoms with Crippen LogP contribution in [0.15, 0.2) is 24.3 Å². The Morgan fingerprint density at radius 1 is 0.943 bits per heavy atom. The summed E-state index contributed by atoms with van der Waals surface area (Å²) in [5.74, 6) is -0.963. The number of ether oxygens (including phenoxy) is 1. The first-order chi connectivity index (χ1) is 16.5. The van der Waals surface area contributed by atoms with Gasteiger partial charge in [-0.2, -0.15) is 0 Å². The SMILES string of the molecule is Cc1ccc(-c2c(C)c3c(c(C)c2C(OC(C)(C)C)C(=O)O)CN(C(=S)N2CCCCC2)C3)cc1. The molecule has 2 aromatic rings. The Morgan fingerprint density at radius 2 is 1.51 bits per heavy atom. The summed E-state index contributed by atoms with van der Waals surface area (Å²) < 4.78 is 6.19. The van der Waals surface area contributed by atoms with Gasteiger partial charge in [-0.25, -0.2) is 4.79 Å². The average molecular weight is 495 g/mol. The number of carboxylic acid groups (broad SMARTS) is 1. The highest BCUT2D eigenvalue weighted by Crippen LogP contribution is 2.44. The van der Waals surface area contributed by atoms with Gasteiger partial charge in [0.2, 0.25) is 0 Å². The van der Waals surface area contributed by atoms with Crippen LogP contribution in [-0.4, -0.2) is 44.7 Å². The lowest BCUT2D eigenvalue weighted by atomic mass is 9.83. The number of carboxylic acids is 1. The topological polar surface area (TPSA) is 53.0 Å². The number of likely N-dealkylation sites (tertiary alicyclic amines) is 1. The van der Waals surface area contributed by atoms with E-state index < -0.39 is 17.7 Å². The molecule has 5 nitrogen and oxygen atoms in total. The molecule has 2 aromatic carbocycles. The van der Waals surface area contributed by atoms with Crippen LogP contribution in [0.4, 0.5) is 0 Å². The van der Waals surface area contributed by atoms with E-state index in [0.29, 0.717) is 6.54 Å². The third kappa shape index (κ3) is 5.24. The van der Waals surface area contributed by atoms with E-state index in [2.05, 4.69) is 54.8 Å². The van der Waals surface area contributed by atoms with Gasteiger partial charge in [0.25, 0.3) is 0 Å². The Morgan fingerprint density at radius 3 is 2.06 bits per heavy atom. The van der Waals surface area contributed by atoms with Crippen LogP contribution in [-0.2, 0) is 22.6 Å². The molecule has 6 heteroatoms. The van der Waals surface area contributed by atoms with Gasteiger partial charge in [0.15, 0.2) is 11.2 Å². The van der Waals surface area contributed by atoms with Crippen molar-refractivity contribution in [2.24, 2.45) is 0 Å². The lowest BCUT2D eigenvalue weighted by Crippen LogP contribution is -2.43. The molecule has 1 unspecified atom stereocenters. The zero-order chi connectivity index (χ0) is 25.5. The second kappa shape index (κ2) is 9.90. The summed E-state index contributed by atoms with van der Waals surface area (Å²) in [4.78, 5) is 17.2. The number of aliphatic carboxylic acids is 1. The molecule has 2 aliphatic heterocycles. The highest BCUT2D eigenvalue weighted by molar-refractivity contribution is 7.80. The molecule has 0 saturated carbocycles. The molecule has 1 saturated heterocycles. The van der Waals surface area contributed by atoms with Gasteiger partial charge in [-0.05, 0) is 106 Å². The molecule has 0 aromatic heterocycles. The van der Waals surface area contributed by atoms with Crippen molar-refractivity contribution < 1.29 is 14.6 Å². The highest BCUT2D eigenvalue weighted by atomic mass is 32.1. The molecule has 0 spiro atoms. The first-order valence-corrected chi connectivity index (χ1v) is 13.0. The van der Waals surface area contributed by atoms with Crippen molar-refractivity contribution in [3.8, 4) is 11.1 Å². The van der Waals surface area contributed by atoms with Gasteiger partial charge >= 0.3 is 5.97 Å². The summed E-state index contributed by atoms with van der Waals surface area (Å²) >= 11 is 5.94. The summed E-state index contributed by atoms with van der Waals surface area (Å²) in [6.07, 6.45) is 2.58. The fraction of sp³-hybridized carbons (Fsp3) is 0.517. The summed E-state index contributed by atoms with van der Waals surface area (Å²) in [5.41, 5.74) is 7.91. The van der Waals surface area contributed by atoms with E-state index in [1.807, 2.05) is 20.8 Å². The Hall–Kier alpha value is -2.44. The van der Waals surface area contributed by atoms with Crippen molar-refractivity contribution in [2.45, 2.75) is 85.6 Å². The van der Waals surface area contributed by atoms with Crippen LogP contribution in [0.5, 0.6) is 0 Å². The largest absolute Gasteiger partial charge is 0.479 e. The Kier molecular flexibility index (Phi) is 7.26. The number of rotatable bonds is 4. The number of benzene rings is 2. The summed E-state index contributed by atoms with van der Waals surface area (Å²) in [6, 6.07) is 8.35. The van der Waals surface area contributed by atoms with Crippen molar-refractivity contribution in [1.29, 1.82) is 0 Å². The van der Waals surface area contributed by atoms with E-state index >= 15 is 0 Å². The first kappa shape index (κ1) is 25.6. The maximum atomic E-state index is 12.6. The minimum absolute atomic E-state index is 0.602. The molecule has 35 heavy (non-hydrogen) atoms. The van der Waals surface area contributed by atoms with E-state index in [0.717, 1.165) is 52.6 Å². The standard InChI is InChI=1S/C29H38N2O3S/c1-18-10-12-21(13-11-18)24-19(2)22-16-31(28(35)30-14-8-7-9-15-30)17-23(22)20(3)25(24)26(27(32)33)34-29(4,5)6/h10-13,26H,7-9,14-17H2,1-6H3,(H,32,33). The number of hydrogen-bond acceptors (Lipinski definition) is 3. The van der Waals surface area contributed by atoms with Crippen LogP contribution < -0.4 is 0 Å². The molecular formula is C29H38N2O3S. The van der Waals surface area contributed by atoms with Gasteiger partial charge in [-0.1, -0.05) is 29.8 Å². The van der Waals surface area contributed by atoms with Crippen LogP contribution in [0.1, 0.15) is 79.5 Å². The quantitative estimate of drug-likeness (QED) is 0.503. The van der Waals surface area contributed by atoms with Gasteiger partial charge in [-0.15, -0.1) is 0 Å². The zero-order valence-corrected chi connectivity index (χ0v) is 22.7. The summed E-state index contributed by atoms with van der Waals surface area (Å²) in [5, 5.41) is 11.2. The van der Waals surface area contributed by atoms with Crippen molar-refractivity contribution in [3.63, 3.8) is 0 Å². The second-order valence-electron chi connectivity index (χ2n) is 11.0. The minimum atomic E-state index is -1.06. The van der Waals surface area contributed by atoms with E-state index in [9.17, 15) is 9.90 Å². The average Bonchev–Trinajstić information content (AvgIpc) is 3.26. The summed E-state index contributed by atoms with van der Waals surface area (Å²) in [7, 11) is 0. The molecular weight excluding hydrogens is 456 g/mol. The summed E-state index contributed by atoms with van der Waals surface area (Å²) in [6.45, 7) is 15.5. The zero-order valence-electron chi connectivity index (χ0n) is 21.9. The molecule has 1 N–H and O–H groups in total. The first-order valence-electron chi connectivity index (χ1n) is 12.6. The fourth-order valence-electron chi connectivity index (χ4n) is 5.45. The third-order valence-corrected chi connectivity index (χ3v) is 7.73. The molecule has 4 rings (SSSR count). The number of thiocarbonyl (C=S) groups is 1. The predicted molar refractivity (Wildman–Crippen MR) is 145 cm³/mol. The minimum Gasteiger partial charge on any atom is -0.479 e. The molecule has 188 valence electrons. The van der Waals surface area contributed by atoms with Crippen LogP contribution >= 0.6 is 12.2 Å². The lowest BCUT2D eigenvalue weighted by Gasteiger charge is -2.33. The third-order valence-electron chi connectivity index (χ3n) is 7.21. The number of carbonyl (C=O) groups is 1. The smallest absolute Gasteiger partial charge is 0.337 e. The molecule has 0 bridgehead atoms. The number of aryl methyl sites for hydroxylation is 1. The van der Waals surface area contributed by atoms with Crippen molar-refractivity contribution >= 4 is 23.3 Å². The van der Waals surface area contributed by atoms with Gasteiger partial charge in [0.05, 0.1) is 5.60 Å². The van der Waals surface area contributed by atoms with E-state index in [1.165, 1.54) is 36.0 Å². The Labute approximate surface area is 215 Å². The normalized spacial score (nSPS) is 16.9. The van der Waals surface area contributed by atoms with Crippen molar-refractivity contribution in [1.82, 2.24) is 9.80 Å². The Balaban J connectivity index is 1.85. The molecule has 1 fully saturated rings. The van der Waals surface area contributed by atoms with Crippen molar-refractivity contribution in [2.75, 3.05) is 13.1 Å². The number of fused-ring (bicyclic) bond motifs is 1. The maximum absolute atomic E-state index is 12.6. The fourth-order valence-corrected chi connectivity index (χ4v) is 5.76. The van der Waals surface area contributed by atoms with Crippen LogP contribution in [0.25, 0.3) is 11.1 Å². The molecule has 1 atom stereocenters. The van der Waals surface area contributed by atoms with Crippen LogP contribution in [0, 0.1) is 20.8 Å². The number of nitrogens with zero attached hydrogens (tertiary/aromatic N) is 2. The van der Waals surface area contributed by atoms with Crippen LogP contribution in [0.3, 0.4) is 0 Å². The Bertz CT molecular complexity index is 1130. The molecule has 0 radical (unpaired) electrons. The number of piperidine rings is 1. The van der Waals surface area contributed by atoms with Crippen LogP contribution in [0.2, 0.25) is 0 Å². The van der Waals surface area contributed by atoms with Gasteiger partial charge in [0, 0.05) is 31.7 Å². The van der Waals surface area contributed by atoms with Gasteiger partial charge in [-0.3, -0.25) is 0 Å². The molecule has 0 aliphatic carbocycles. The highest BCUT2D eigenvalue weighted by Gasteiger charge is 2.36. The van der Waals surface area contributed by atoms with E-state index in [-0.39, 0.29) is 0 Å².